The third-order valence-corrected chi connectivity index (χ3v) is 5.62. The van der Waals surface area contributed by atoms with E-state index in [0.717, 1.165) is 13.0 Å². The Morgan fingerprint density at radius 1 is 1.12 bits per heavy atom. The van der Waals surface area contributed by atoms with Gasteiger partial charge in [0.05, 0.1) is 18.3 Å². The number of nitrogens with one attached hydrogen (secondary N) is 2. The number of sulfone groups is 1. The van der Waals surface area contributed by atoms with Gasteiger partial charge in [0.25, 0.3) is 0 Å². The molecule has 0 heterocycles. The number of nitrogens with zero attached hydrogens (tertiary/aromatic N) is 1. The topological polar surface area (TPSA) is 70.6 Å². The largest absolute Gasteiger partial charge is 0.357 e. The zero-order valence-corrected chi connectivity index (χ0v) is 17.0. The summed E-state index contributed by atoms with van der Waals surface area (Å²) in [5.41, 5.74) is 2.52. The minimum absolute atomic E-state index is 0.0817. The van der Waals surface area contributed by atoms with Crippen LogP contribution in [0.1, 0.15) is 51.8 Å². The van der Waals surface area contributed by atoms with E-state index in [1.165, 1.54) is 11.1 Å². The highest BCUT2D eigenvalue weighted by Gasteiger charge is 2.10. The second kappa shape index (κ2) is 10.4. The van der Waals surface area contributed by atoms with Gasteiger partial charge < -0.3 is 10.6 Å². The molecule has 0 bridgehead atoms. The van der Waals surface area contributed by atoms with Crippen molar-refractivity contribution in [2.45, 2.75) is 47.1 Å². The predicted octanol–water partition coefficient (Wildman–Crippen LogP) is 2.94. The second-order valence-electron chi connectivity index (χ2n) is 6.70. The fourth-order valence-electron chi connectivity index (χ4n) is 2.46. The molecule has 0 radical (unpaired) electrons. The fourth-order valence-corrected chi connectivity index (χ4v) is 3.12. The molecule has 5 nitrogen and oxygen atoms in total. The molecular weight excluding hydrogens is 334 g/mol. The van der Waals surface area contributed by atoms with Gasteiger partial charge in [0.15, 0.2) is 15.8 Å². The van der Waals surface area contributed by atoms with Crippen molar-refractivity contribution < 1.29 is 8.42 Å². The van der Waals surface area contributed by atoms with E-state index >= 15 is 0 Å². The van der Waals surface area contributed by atoms with Crippen LogP contribution < -0.4 is 10.6 Å². The Hall–Kier alpha value is -1.56. The van der Waals surface area contributed by atoms with Gasteiger partial charge in [-0.2, -0.15) is 0 Å². The van der Waals surface area contributed by atoms with Crippen molar-refractivity contribution in [1.29, 1.82) is 0 Å². The van der Waals surface area contributed by atoms with Gasteiger partial charge in [0.1, 0.15) is 0 Å². The summed E-state index contributed by atoms with van der Waals surface area (Å²) in [4.78, 5) is 4.38. The monoisotopic (exact) mass is 367 g/mol. The number of rotatable bonds is 9. The Morgan fingerprint density at radius 2 is 1.76 bits per heavy atom. The average molecular weight is 368 g/mol. The first-order valence-corrected chi connectivity index (χ1v) is 10.9. The average Bonchev–Trinajstić information content (AvgIpc) is 2.55. The highest BCUT2D eigenvalue weighted by Crippen LogP contribution is 2.15. The number of hydrogen-bond donors (Lipinski definition) is 2. The Bertz CT molecular complexity index is 637. The van der Waals surface area contributed by atoms with E-state index < -0.39 is 9.84 Å². The molecule has 0 aliphatic heterocycles. The molecule has 1 atom stereocenters. The lowest BCUT2D eigenvalue weighted by molar-refractivity contribution is 0.597. The van der Waals surface area contributed by atoms with Crippen LogP contribution in [0.3, 0.4) is 0 Å². The molecule has 0 fully saturated rings. The molecular formula is C19H33N3O2S. The van der Waals surface area contributed by atoms with Crippen molar-refractivity contribution >= 4 is 15.8 Å². The van der Waals surface area contributed by atoms with Gasteiger partial charge in [0.2, 0.25) is 0 Å². The van der Waals surface area contributed by atoms with Crippen molar-refractivity contribution in [3.05, 3.63) is 35.4 Å². The molecule has 0 aliphatic carbocycles. The van der Waals surface area contributed by atoms with Gasteiger partial charge in [-0.15, -0.1) is 0 Å². The molecule has 2 N–H and O–H groups in total. The first-order valence-electron chi connectivity index (χ1n) is 9.11. The van der Waals surface area contributed by atoms with Crippen LogP contribution >= 0.6 is 0 Å². The van der Waals surface area contributed by atoms with E-state index in [-0.39, 0.29) is 24.1 Å². The van der Waals surface area contributed by atoms with Gasteiger partial charge >= 0.3 is 0 Å². The number of benzene rings is 1. The summed E-state index contributed by atoms with van der Waals surface area (Å²) in [6.07, 6.45) is 1.08. The van der Waals surface area contributed by atoms with Gasteiger partial charge in [-0.05, 0) is 37.3 Å². The van der Waals surface area contributed by atoms with Gasteiger partial charge in [-0.1, -0.05) is 45.0 Å². The molecule has 0 saturated carbocycles. The van der Waals surface area contributed by atoms with E-state index in [9.17, 15) is 8.42 Å². The Morgan fingerprint density at radius 3 is 2.28 bits per heavy atom. The minimum atomic E-state index is -2.99. The lowest BCUT2D eigenvalue weighted by atomic mass is 10.00. The van der Waals surface area contributed by atoms with Crippen molar-refractivity contribution in [3.63, 3.8) is 0 Å². The first-order chi connectivity index (χ1) is 11.8. The number of guanidine groups is 1. The fraction of sp³-hybridized carbons (Fsp3) is 0.632. The Kier molecular flexibility index (Phi) is 8.97. The van der Waals surface area contributed by atoms with Crippen LogP contribution in [0.5, 0.6) is 0 Å². The lowest BCUT2D eigenvalue weighted by Gasteiger charge is -2.18. The van der Waals surface area contributed by atoms with Crippen LogP contribution in [-0.4, -0.2) is 39.0 Å². The molecule has 1 aromatic carbocycles. The SMILES string of the molecule is CCNC(=NCCS(=O)(=O)CC)NC(C)c1ccc(CC(C)C)cc1. The standard InChI is InChI=1S/C19H33N3O2S/c1-6-20-19(21-12-13-25(23,24)7-2)22-16(5)18-10-8-17(9-11-18)14-15(3)4/h8-11,15-16H,6-7,12-14H2,1-5H3,(H2,20,21,22). The zero-order valence-electron chi connectivity index (χ0n) is 16.2. The Balaban J connectivity index is 2.70. The normalized spacial score (nSPS) is 13.8. The van der Waals surface area contributed by atoms with Crippen molar-refractivity contribution in [2.75, 3.05) is 24.6 Å². The number of aliphatic imine (C=N–C) groups is 1. The van der Waals surface area contributed by atoms with E-state index in [1.807, 2.05) is 6.92 Å². The lowest BCUT2D eigenvalue weighted by Crippen LogP contribution is -2.39. The quantitative estimate of drug-likeness (QED) is 0.520. The maximum Gasteiger partial charge on any atom is 0.191 e. The van der Waals surface area contributed by atoms with E-state index in [2.05, 4.69) is 60.7 Å². The highest BCUT2D eigenvalue weighted by atomic mass is 32.2. The van der Waals surface area contributed by atoms with Crippen LogP contribution in [0, 0.1) is 5.92 Å². The first kappa shape index (κ1) is 21.5. The maximum atomic E-state index is 11.6. The Labute approximate surface area is 153 Å². The van der Waals surface area contributed by atoms with Crippen molar-refractivity contribution in [1.82, 2.24) is 10.6 Å². The molecule has 0 spiro atoms. The van der Waals surface area contributed by atoms with Gasteiger partial charge in [0, 0.05) is 12.3 Å². The molecule has 0 saturated heterocycles. The van der Waals surface area contributed by atoms with Crippen LogP contribution in [0.15, 0.2) is 29.3 Å². The number of hydrogen-bond acceptors (Lipinski definition) is 3. The molecule has 1 aromatic rings. The smallest absolute Gasteiger partial charge is 0.191 e. The minimum Gasteiger partial charge on any atom is -0.357 e. The van der Waals surface area contributed by atoms with Crippen molar-refractivity contribution in [3.8, 4) is 0 Å². The molecule has 1 unspecified atom stereocenters. The summed E-state index contributed by atoms with van der Waals surface area (Å²) in [5, 5.41) is 6.51. The highest BCUT2D eigenvalue weighted by molar-refractivity contribution is 7.91. The van der Waals surface area contributed by atoms with Crippen LogP contribution in [-0.2, 0) is 16.3 Å². The predicted molar refractivity (Wildman–Crippen MR) is 107 cm³/mol. The zero-order chi connectivity index (χ0) is 18.9. The molecule has 0 aliphatic rings. The van der Waals surface area contributed by atoms with Gasteiger partial charge in [-0.25, -0.2) is 8.42 Å². The molecule has 1 rings (SSSR count). The third kappa shape index (κ3) is 8.38. The molecule has 0 aromatic heterocycles. The van der Waals surface area contributed by atoms with Crippen molar-refractivity contribution in [2.24, 2.45) is 10.9 Å². The summed E-state index contributed by atoms with van der Waals surface area (Å²) in [7, 11) is -2.99. The third-order valence-electron chi connectivity index (χ3n) is 3.93. The van der Waals surface area contributed by atoms with Crippen LogP contribution in [0.25, 0.3) is 0 Å². The molecule has 0 amide bonds. The summed E-state index contributed by atoms with van der Waals surface area (Å²) in [6, 6.07) is 8.71. The second-order valence-corrected chi connectivity index (χ2v) is 9.18. The molecule has 25 heavy (non-hydrogen) atoms. The summed E-state index contributed by atoms with van der Waals surface area (Å²) in [6.45, 7) is 11.2. The van der Waals surface area contributed by atoms with E-state index in [4.69, 9.17) is 0 Å². The van der Waals surface area contributed by atoms with E-state index in [0.29, 0.717) is 11.9 Å². The molecule has 142 valence electrons. The summed E-state index contributed by atoms with van der Waals surface area (Å²) >= 11 is 0. The van der Waals surface area contributed by atoms with E-state index in [1.54, 1.807) is 6.92 Å². The molecule has 6 heteroatoms. The summed E-state index contributed by atoms with van der Waals surface area (Å²) in [5.74, 6) is 1.53. The van der Waals surface area contributed by atoms with Crippen LogP contribution in [0.2, 0.25) is 0 Å². The van der Waals surface area contributed by atoms with Crippen LogP contribution in [0.4, 0.5) is 0 Å². The summed E-state index contributed by atoms with van der Waals surface area (Å²) < 4.78 is 23.2. The maximum absolute atomic E-state index is 11.6. The van der Waals surface area contributed by atoms with Gasteiger partial charge in [-0.3, -0.25) is 4.99 Å².